The predicted molar refractivity (Wildman–Crippen MR) is 61.9 cm³/mol. The van der Waals surface area contributed by atoms with Gasteiger partial charge < -0.3 is 10.6 Å². The first-order chi connectivity index (χ1) is 7.15. The van der Waals surface area contributed by atoms with Crippen LogP contribution in [0.25, 0.3) is 0 Å². The van der Waals surface area contributed by atoms with Crippen LogP contribution in [0.4, 0.5) is 0 Å². The van der Waals surface area contributed by atoms with Gasteiger partial charge in [-0.15, -0.1) is 0 Å². The third-order valence-corrected chi connectivity index (χ3v) is 2.43. The summed E-state index contributed by atoms with van der Waals surface area (Å²) < 4.78 is 0. The van der Waals surface area contributed by atoms with Gasteiger partial charge in [-0.1, -0.05) is 29.8 Å². The van der Waals surface area contributed by atoms with Crippen LogP contribution < -0.4 is 10.6 Å². The van der Waals surface area contributed by atoms with Gasteiger partial charge >= 0.3 is 0 Å². The Labute approximate surface area is 94.8 Å². The molecule has 0 aliphatic carbocycles. The van der Waals surface area contributed by atoms with E-state index in [4.69, 9.17) is 11.6 Å². The summed E-state index contributed by atoms with van der Waals surface area (Å²) in [6.45, 7) is 2.23. The van der Waals surface area contributed by atoms with E-state index in [1.165, 1.54) is 0 Å². The lowest BCUT2D eigenvalue weighted by atomic mass is 10.1. The Morgan fingerprint density at radius 1 is 1.47 bits per heavy atom. The van der Waals surface area contributed by atoms with Crippen LogP contribution in [-0.4, -0.2) is 19.5 Å². The third-order valence-electron chi connectivity index (χ3n) is 2.09. The maximum atomic E-state index is 11.3. The molecule has 0 fully saturated rings. The SMILES string of the molecule is CNCC(=O)N[C@H](C)c1ccccc1Cl. The van der Waals surface area contributed by atoms with Crippen LogP contribution in [0.1, 0.15) is 18.5 Å². The van der Waals surface area contributed by atoms with Crippen LogP contribution in [0, 0.1) is 0 Å². The molecule has 1 aromatic rings. The van der Waals surface area contributed by atoms with Gasteiger partial charge in [-0.2, -0.15) is 0 Å². The van der Waals surface area contributed by atoms with Crippen molar-refractivity contribution in [2.75, 3.05) is 13.6 Å². The van der Waals surface area contributed by atoms with Crippen LogP contribution in [0.15, 0.2) is 24.3 Å². The first kappa shape index (κ1) is 12.0. The zero-order valence-corrected chi connectivity index (χ0v) is 9.64. The summed E-state index contributed by atoms with van der Waals surface area (Å²) in [7, 11) is 1.74. The second-order valence-electron chi connectivity index (χ2n) is 3.34. The highest BCUT2D eigenvalue weighted by molar-refractivity contribution is 6.31. The Kier molecular flexibility index (Phi) is 4.59. The average molecular weight is 227 g/mol. The van der Waals surface area contributed by atoms with Crippen LogP contribution in [0.2, 0.25) is 5.02 Å². The number of amides is 1. The fourth-order valence-corrected chi connectivity index (χ4v) is 1.66. The number of halogens is 1. The van der Waals surface area contributed by atoms with Gasteiger partial charge in [0.05, 0.1) is 12.6 Å². The van der Waals surface area contributed by atoms with E-state index in [-0.39, 0.29) is 11.9 Å². The Bertz CT molecular complexity index is 341. The standard InChI is InChI=1S/C11H15ClN2O/c1-8(14-11(15)7-13-2)9-5-3-4-6-10(9)12/h3-6,8,13H,7H2,1-2H3,(H,14,15)/t8-/m1/s1. The van der Waals surface area contributed by atoms with Crippen molar-refractivity contribution in [3.05, 3.63) is 34.9 Å². The summed E-state index contributed by atoms with van der Waals surface area (Å²) in [5.74, 6) is -0.0371. The van der Waals surface area contributed by atoms with Crippen molar-refractivity contribution in [2.24, 2.45) is 0 Å². The minimum absolute atomic E-state index is 0.0371. The number of benzene rings is 1. The van der Waals surface area contributed by atoms with E-state index in [0.29, 0.717) is 11.6 Å². The van der Waals surface area contributed by atoms with Crippen molar-refractivity contribution in [2.45, 2.75) is 13.0 Å². The fourth-order valence-electron chi connectivity index (χ4n) is 1.36. The van der Waals surface area contributed by atoms with Gasteiger partial charge in [0, 0.05) is 5.02 Å². The second kappa shape index (κ2) is 5.73. The summed E-state index contributed by atoms with van der Waals surface area (Å²) in [6.07, 6.45) is 0. The summed E-state index contributed by atoms with van der Waals surface area (Å²) in [5.41, 5.74) is 0.934. The maximum Gasteiger partial charge on any atom is 0.234 e. The van der Waals surface area contributed by atoms with Crippen molar-refractivity contribution < 1.29 is 4.79 Å². The molecular weight excluding hydrogens is 212 g/mol. The number of carbonyl (C=O) groups is 1. The van der Waals surface area contributed by atoms with Gasteiger partial charge in [-0.05, 0) is 25.6 Å². The number of rotatable bonds is 4. The van der Waals surface area contributed by atoms with E-state index in [1.54, 1.807) is 7.05 Å². The summed E-state index contributed by atoms with van der Waals surface area (Å²) in [6, 6.07) is 7.43. The summed E-state index contributed by atoms with van der Waals surface area (Å²) >= 11 is 6.01. The van der Waals surface area contributed by atoms with Crippen LogP contribution >= 0.6 is 11.6 Å². The van der Waals surface area contributed by atoms with E-state index in [2.05, 4.69) is 10.6 Å². The van der Waals surface area contributed by atoms with Crippen LogP contribution in [0.3, 0.4) is 0 Å². The predicted octanol–water partition coefficient (Wildman–Crippen LogP) is 1.74. The highest BCUT2D eigenvalue weighted by atomic mass is 35.5. The molecule has 0 spiro atoms. The maximum absolute atomic E-state index is 11.3. The molecule has 0 aliphatic heterocycles. The lowest BCUT2D eigenvalue weighted by molar-refractivity contribution is -0.120. The van der Waals surface area contributed by atoms with Gasteiger partial charge in [0.1, 0.15) is 0 Å². The summed E-state index contributed by atoms with van der Waals surface area (Å²) in [5, 5.41) is 6.32. The number of likely N-dealkylation sites (N-methyl/N-ethyl adjacent to an activating group) is 1. The Morgan fingerprint density at radius 2 is 2.13 bits per heavy atom. The van der Waals surface area contributed by atoms with E-state index in [1.807, 2.05) is 31.2 Å². The number of nitrogens with one attached hydrogen (secondary N) is 2. The number of hydrogen-bond acceptors (Lipinski definition) is 2. The molecule has 1 rings (SSSR count). The Hall–Kier alpha value is -1.06. The lowest BCUT2D eigenvalue weighted by Gasteiger charge is -2.15. The quantitative estimate of drug-likeness (QED) is 0.821. The van der Waals surface area contributed by atoms with E-state index in [9.17, 15) is 4.79 Å². The first-order valence-corrected chi connectivity index (χ1v) is 5.21. The molecular formula is C11H15ClN2O. The molecule has 82 valence electrons. The molecule has 0 aliphatic rings. The van der Waals surface area contributed by atoms with Crippen molar-refractivity contribution in [3.8, 4) is 0 Å². The molecule has 4 heteroatoms. The molecule has 0 bridgehead atoms. The lowest BCUT2D eigenvalue weighted by Crippen LogP contribution is -2.34. The average Bonchev–Trinajstić information content (AvgIpc) is 2.18. The van der Waals surface area contributed by atoms with Crippen molar-refractivity contribution >= 4 is 17.5 Å². The molecule has 1 atom stereocenters. The zero-order valence-electron chi connectivity index (χ0n) is 8.88. The fraction of sp³-hybridized carbons (Fsp3) is 0.364. The van der Waals surface area contributed by atoms with Gasteiger partial charge in [-0.3, -0.25) is 4.79 Å². The van der Waals surface area contributed by atoms with Crippen molar-refractivity contribution in [1.29, 1.82) is 0 Å². The molecule has 15 heavy (non-hydrogen) atoms. The molecule has 0 aromatic heterocycles. The highest BCUT2D eigenvalue weighted by Gasteiger charge is 2.10. The van der Waals surface area contributed by atoms with E-state index >= 15 is 0 Å². The third kappa shape index (κ3) is 3.53. The van der Waals surface area contributed by atoms with Gasteiger partial charge in [-0.25, -0.2) is 0 Å². The normalized spacial score (nSPS) is 12.2. The molecule has 0 radical (unpaired) electrons. The largest absolute Gasteiger partial charge is 0.348 e. The van der Waals surface area contributed by atoms with Crippen LogP contribution in [0.5, 0.6) is 0 Å². The molecule has 1 aromatic carbocycles. The molecule has 0 saturated heterocycles. The summed E-state index contributed by atoms with van der Waals surface area (Å²) in [4.78, 5) is 11.3. The molecule has 2 N–H and O–H groups in total. The van der Waals surface area contributed by atoms with E-state index < -0.39 is 0 Å². The minimum atomic E-state index is -0.0699. The molecule has 1 amide bonds. The van der Waals surface area contributed by atoms with E-state index in [0.717, 1.165) is 5.56 Å². The van der Waals surface area contributed by atoms with Crippen molar-refractivity contribution in [1.82, 2.24) is 10.6 Å². The van der Waals surface area contributed by atoms with Crippen LogP contribution in [-0.2, 0) is 4.79 Å². The smallest absolute Gasteiger partial charge is 0.234 e. The molecule has 3 nitrogen and oxygen atoms in total. The van der Waals surface area contributed by atoms with Gasteiger partial charge in [0.25, 0.3) is 0 Å². The second-order valence-corrected chi connectivity index (χ2v) is 3.75. The molecule has 0 heterocycles. The number of hydrogen-bond donors (Lipinski definition) is 2. The number of carbonyl (C=O) groups excluding carboxylic acids is 1. The molecule has 0 unspecified atom stereocenters. The minimum Gasteiger partial charge on any atom is -0.348 e. The van der Waals surface area contributed by atoms with Crippen molar-refractivity contribution in [3.63, 3.8) is 0 Å². The zero-order chi connectivity index (χ0) is 11.3. The van der Waals surface area contributed by atoms with Gasteiger partial charge in [0.2, 0.25) is 5.91 Å². The monoisotopic (exact) mass is 226 g/mol. The first-order valence-electron chi connectivity index (χ1n) is 4.83. The Morgan fingerprint density at radius 3 is 2.73 bits per heavy atom. The molecule has 0 saturated carbocycles. The topological polar surface area (TPSA) is 41.1 Å². The highest BCUT2D eigenvalue weighted by Crippen LogP contribution is 2.21. The Balaban J connectivity index is 2.65. The van der Waals surface area contributed by atoms with Gasteiger partial charge in [0.15, 0.2) is 0 Å².